The van der Waals surface area contributed by atoms with E-state index in [2.05, 4.69) is 9.97 Å². The van der Waals surface area contributed by atoms with Gasteiger partial charge in [0.05, 0.1) is 11.6 Å². The van der Waals surface area contributed by atoms with Crippen molar-refractivity contribution in [3.8, 4) is 0 Å². The summed E-state index contributed by atoms with van der Waals surface area (Å²) in [5.41, 5.74) is 0.532. The van der Waals surface area contributed by atoms with Gasteiger partial charge in [-0.1, -0.05) is 0 Å². The Bertz CT molecular complexity index is 174. The lowest BCUT2D eigenvalue weighted by atomic mass is 10.6. The number of hydrogen-bond acceptors (Lipinski definition) is 1. The smallest absolute Gasteiger partial charge is 0.286 e. The van der Waals surface area contributed by atoms with Crippen molar-refractivity contribution in [2.24, 2.45) is 0 Å². The number of H-pyrrole nitrogens is 1. The molecule has 0 aliphatic carbocycles. The molecular formula is C4H4ClFN2. The summed E-state index contributed by atoms with van der Waals surface area (Å²) in [6.45, 7) is 0. The van der Waals surface area contributed by atoms with Gasteiger partial charge in [0.25, 0.3) is 6.08 Å². The summed E-state index contributed by atoms with van der Waals surface area (Å²) in [7, 11) is 0. The molecule has 1 N–H and O–H groups in total. The molecule has 0 spiro atoms. The third-order valence-electron chi connectivity index (χ3n) is 0.737. The number of aromatic amines is 1. The summed E-state index contributed by atoms with van der Waals surface area (Å²) in [6, 6.07) is 0. The van der Waals surface area contributed by atoms with Gasteiger partial charge < -0.3 is 4.98 Å². The van der Waals surface area contributed by atoms with Gasteiger partial charge in [-0.25, -0.2) is 4.98 Å². The molecule has 0 unspecified atom stereocenters. The van der Waals surface area contributed by atoms with E-state index in [1.54, 1.807) is 0 Å². The van der Waals surface area contributed by atoms with Crippen LogP contribution in [0.15, 0.2) is 6.20 Å². The Labute approximate surface area is 50.7 Å². The van der Waals surface area contributed by atoms with E-state index in [9.17, 15) is 4.39 Å². The van der Waals surface area contributed by atoms with Crippen LogP contribution in [-0.2, 0) is 5.88 Å². The van der Waals surface area contributed by atoms with Crippen LogP contribution in [0, 0.1) is 6.08 Å². The molecule has 8 heavy (non-hydrogen) atoms. The van der Waals surface area contributed by atoms with Crippen LogP contribution in [0.25, 0.3) is 0 Å². The molecule has 44 valence electrons. The lowest BCUT2D eigenvalue weighted by molar-refractivity contribution is 0.551. The van der Waals surface area contributed by atoms with Crippen molar-refractivity contribution >= 4 is 11.6 Å². The average molecular weight is 135 g/mol. The molecule has 1 aromatic rings. The third-order valence-corrected chi connectivity index (χ3v) is 1.01. The minimum Gasteiger partial charge on any atom is -0.321 e. The van der Waals surface area contributed by atoms with E-state index in [1.165, 1.54) is 6.20 Å². The maximum absolute atomic E-state index is 11.9. The number of hydrogen-bond donors (Lipinski definition) is 1. The van der Waals surface area contributed by atoms with E-state index in [0.29, 0.717) is 5.69 Å². The van der Waals surface area contributed by atoms with Gasteiger partial charge in [0, 0.05) is 6.20 Å². The van der Waals surface area contributed by atoms with Crippen molar-refractivity contribution < 1.29 is 4.39 Å². The minimum atomic E-state index is -0.583. The van der Waals surface area contributed by atoms with Crippen molar-refractivity contribution in [3.05, 3.63) is 18.0 Å². The number of nitrogens with zero attached hydrogens (tertiary/aromatic N) is 1. The average Bonchev–Trinajstić information content (AvgIpc) is 2.14. The molecule has 0 saturated carbocycles. The largest absolute Gasteiger partial charge is 0.321 e. The summed E-state index contributed by atoms with van der Waals surface area (Å²) in [4.78, 5) is 5.63. The fourth-order valence-electron chi connectivity index (χ4n) is 0.402. The summed E-state index contributed by atoms with van der Waals surface area (Å²) >= 11 is 5.29. The highest BCUT2D eigenvalue weighted by Crippen LogP contribution is 1.97. The number of aromatic nitrogens is 2. The first-order chi connectivity index (χ1) is 3.83. The van der Waals surface area contributed by atoms with E-state index in [0.717, 1.165) is 0 Å². The van der Waals surface area contributed by atoms with Gasteiger partial charge in [-0.2, -0.15) is 4.39 Å². The molecule has 0 amide bonds. The normalized spacial score (nSPS) is 9.75. The molecule has 0 bridgehead atoms. The van der Waals surface area contributed by atoms with Crippen LogP contribution in [-0.4, -0.2) is 9.97 Å². The van der Waals surface area contributed by atoms with Gasteiger partial charge in [0.2, 0.25) is 0 Å². The Balaban J connectivity index is 2.84. The number of halogens is 2. The van der Waals surface area contributed by atoms with E-state index < -0.39 is 6.08 Å². The quantitative estimate of drug-likeness (QED) is 0.576. The molecule has 0 aromatic carbocycles. The van der Waals surface area contributed by atoms with Crippen LogP contribution in [0.5, 0.6) is 0 Å². The molecule has 0 radical (unpaired) electrons. The van der Waals surface area contributed by atoms with E-state index in [4.69, 9.17) is 11.6 Å². The van der Waals surface area contributed by atoms with Gasteiger partial charge in [-0.15, -0.1) is 11.6 Å². The van der Waals surface area contributed by atoms with Crippen molar-refractivity contribution in [2.45, 2.75) is 5.88 Å². The van der Waals surface area contributed by atoms with Crippen LogP contribution in [0.1, 0.15) is 5.69 Å². The van der Waals surface area contributed by atoms with Crippen LogP contribution in [0.2, 0.25) is 0 Å². The maximum Gasteiger partial charge on any atom is 0.286 e. The molecule has 1 aromatic heterocycles. The molecule has 4 heteroatoms. The van der Waals surface area contributed by atoms with Crippen molar-refractivity contribution in [2.75, 3.05) is 0 Å². The Kier molecular flexibility index (Phi) is 1.48. The highest BCUT2D eigenvalue weighted by molar-refractivity contribution is 6.16. The van der Waals surface area contributed by atoms with Crippen molar-refractivity contribution in [1.29, 1.82) is 0 Å². The Morgan fingerprint density at radius 1 is 1.88 bits per heavy atom. The van der Waals surface area contributed by atoms with Crippen LogP contribution in [0.4, 0.5) is 4.39 Å². The lowest BCUT2D eigenvalue weighted by Gasteiger charge is -1.75. The first-order valence-corrected chi connectivity index (χ1v) is 2.62. The van der Waals surface area contributed by atoms with Crippen molar-refractivity contribution in [3.63, 3.8) is 0 Å². The van der Waals surface area contributed by atoms with Gasteiger partial charge in [0.15, 0.2) is 0 Å². The third kappa shape index (κ3) is 0.980. The van der Waals surface area contributed by atoms with Crippen LogP contribution >= 0.6 is 11.6 Å². The van der Waals surface area contributed by atoms with Crippen molar-refractivity contribution in [1.82, 2.24) is 9.97 Å². The molecule has 1 heterocycles. The number of imidazole rings is 1. The predicted octanol–water partition coefficient (Wildman–Crippen LogP) is 1.29. The summed E-state index contributed by atoms with van der Waals surface area (Å²) in [5.74, 6) is 0.250. The molecule has 0 atom stereocenters. The predicted molar refractivity (Wildman–Crippen MR) is 28.1 cm³/mol. The van der Waals surface area contributed by atoms with Crippen LogP contribution < -0.4 is 0 Å². The summed E-state index contributed by atoms with van der Waals surface area (Å²) in [6.07, 6.45) is 0.850. The Morgan fingerprint density at radius 2 is 2.62 bits per heavy atom. The van der Waals surface area contributed by atoms with Gasteiger partial charge in [-0.3, -0.25) is 0 Å². The molecule has 0 saturated heterocycles. The SMILES string of the molecule is Fc1nc(CCl)c[nH]1. The Hall–Kier alpha value is -0.570. The highest BCUT2D eigenvalue weighted by atomic mass is 35.5. The van der Waals surface area contributed by atoms with E-state index in [-0.39, 0.29) is 5.88 Å². The second-order valence-corrected chi connectivity index (χ2v) is 1.58. The fourth-order valence-corrected chi connectivity index (χ4v) is 0.539. The minimum absolute atomic E-state index is 0.250. The molecule has 0 aliphatic heterocycles. The van der Waals surface area contributed by atoms with Gasteiger partial charge in [0.1, 0.15) is 0 Å². The number of alkyl halides is 1. The molecular weight excluding hydrogens is 131 g/mol. The molecule has 0 fully saturated rings. The second-order valence-electron chi connectivity index (χ2n) is 1.32. The highest BCUT2D eigenvalue weighted by Gasteiger charge is 1.94. The summed E-state index contributed by atoms with van der Waals surface area (Å²) in [5, 5.41) is 0. The summed E-state index contributed by atoms with van der Waals surface area (Å²) < 4.78 is 11.9. The number of rotatable bonds is 1. The monoisotopic (exact) mass is 134 g/mol. The lowest BCUT2D eigenvalue weighted by Crippen LogP contribution is -1.75. The van der Waals surface area contributed by atoms with Gasteiger partial charge in [-0.05, 0) is 0 Å². The van der Waals surface area contributed by atoms with E-state index >= 15 is 0 Å². The molecule has 2 nitrogen and oxygen atoms in total. The maximum atomic E-state index is 11.9. The zero-order valence-electron chi connectivity index (χ0n) is 3.99. The first kappa shape index (κ1) is 5.56. The van der Waals surface area contributed by atoms with Crippen LogP contribution in [0.3, 0.4) is 0 Å². The zero-order chi connectivity index (χ0) is 5.98. The van der Waals surface area contributed by atoms with E-state index in [1.807, 2.05) is 0 Å². The number of nitrogens with one attached hydrogen (secondary N) is 1. The second kappa shape index (κ2) is 2.13. The molecule has 1 rings (SSSR count). The zero-order valence-corrected chi connectivity index (χ0v) is 4.74. The Morgan fingerprint density at radius 3 is 2.88 bits per heavy atom. The standard InChI is InChI=1S/C4H4ClFN2/c5-1-3-2-7-4(6)8-3/h2H,1H2,(H,7,8). The molecule has 0 aliphatic rings. The fraction of sp³-hybridized carbons (Fsp3) is 0.250. The topological polar surface area (TPSA) is 28.7 Å². The first-order valence-electron chi connectivity index (χ1n) is 2.08. The van der Waals surface area contributed by atoms with Gasteiger partial charge >= 0.3 is 0 Å².